The van der Waals surface area contributed by atoms with Crippen molar-refractivity contribution in [3.63, 3.8) is 0 Å². The van der Waals surface area contributed by atoms with Gasteiger partial charge in [-0.25, -0.2) is 0 Å². The summed E-state index contributed by atoms with van der Waals surface area (Å²) in [7, 11) is 1.64. The number of hydrogen-bond acceptors (Lipinski definition) is 4. The van der Waals surface area contributed by atoms with Gasteiger partial charge in [-0.05, 0) is 25.0 Å². The lowest BCUT2D eigenvalue weighted by Gasteiger charge is -2.35. The van der Waals surface area contributed by atoms with Gasteiger partial charge in [0.25, 0.3) is 0 Å². The van der Waals surface area contributed by atoms with Crippen molar-refractivity contribution in [3.05, 3.63) is 23.8 Å². The summed E-state index contributed by atoms with van der Waals surface area (Å²) in [5, 5.41) is 0. The number of carbonyl (C=O) groups excluding carboxylic acids is 1. The molecule has 0 saturated carbocycles. The summed E-state index contributed by atoms with van der Waals surface area (Å²) in [4.78, 5) is 14.5. The van der Waals surface area contributed by atoms with Crippen LogP contribution >= 0.6 is 0 Å². The predicted octanol–water partition coefficient (Wildman–Crippen LogP) is 1.49. The number of carbonyl (C=O) groups is 1. The standard InChI is InChI=1S/C16H21NO4/c1-11-9-17(5-6-20-11)16(18)13-7-12-3-4-14(19-2)8-15(12)21-10-13/h3-4,8,11,13H,5-7,9-10H2,1-2H3/t11-,13-/m1/s1. The Hall–Kier alpha value is -1.75. The molecule has 0 unspecified atom stereocenters. The highest BCUT2D eigenvalue weighted by molar-refractivity contribution is 5.80. The third-order valence-electron chi connectivity index (χ3n) is 4.08. The van der Waals surface area contributed by atoms with Crippen LogP contribution in [-0.4, -0.2) is 50.3 Å². The third-order valence-corrected chi connectivity index (χ3v) is 4.08. The van der Waals surface area contributed by atoms with Gasteiger partial charge in [0.05, 0.1) is 25.7 Å². The van der Waals surface area contributed by atoms with E-state index in [9.17, 15) is 4.79 Å². The lowest BCUT2D eigenvalue weighted by Crippen LogP contribution is -2.48. The normalized spacial score (nSPS) is 25.0. The zero-order valence-corrected chi connectivity index (χ0v) is 12.5. The van der Waals surface area contributed by atoms with E-state index >= 15 is 0 Å². The first-order chi connectivity index (χ1) is 10.2. The van der Waals surface area contributed by atoms with Gasteiger partial charge in [0.2, 0.25) is 5.91 Å². The molecule has 0 N–H and O–H groups in total. The molecule has 2 heterocycles. The average Bonchev–Trinajstić information content (AvgIpc) is 2.53. The Balaban J connectivity index is 1.69. The molecule has 1 aromatic carbocycles. The summed E-state index contributed by atoms with van der Waals surface area (Å²) < 4.78 is 16.4. The van der Waals surface area contributed by atoms with Crippen LogP contribution in [0.25, 0.3) is 0 Å². The van der Waals surface area contributed by atoms with Crippen molar-refractivity contribution in [1.29, 1.82) is 0 Å². The van der Waals surface area contributed by atoms with E-state index in [1.807, 2.05) is 30.0 Å². The van der Waals surface area contributed by atoms with Gasteiger partial charge in [0.1, 0.15) is 18.1 Å². The Kier molecular flexibility index (Phi) is 4.01. The third kappa shape index (κ3) is 2.97. The van der Waals surface area contributed by atoms with Crippen LogP contribution in [0.3, 0.4) is 0 Å². The van der Waals surface area contributed by atoms with Crippen LogP contribution in [0.2, 0.25) is 0 Å². The van der Waals surface area contributed by atoms with E-state index in [2.05, 4.69) is 0 Å². The fourth-order valence-electron chi connectivity index (χ4n) is 2.91. The van der Waals surface area contributed by atoms with E-state index in [1.165, 1.54) is 0 Å². The maximum Gasteiger partial charge on any atom is 0.229 e. The Labute approximate surface area is 124 Å². The molecule has 3 rings (SSSR count). The van der Waals surface area contributed by atoms with Crippen LogP contribution in [0.5, 0.6) is 11.5 Å². The summed E-state index contributed by atoms with van der Waals surface area (Å²) in [5.74, 6) is 1.68. The second-order valence-corrected chi connectivity index (χ2v) is 5.65. The molecule has 5 heteroatoms. The molecule has 21 heavy (non-hydrogen) atoms. The summed E-state index contributed by atoms with van der Waals surface area (Å²) in [6.07, 6.45) is 0.841. The van der Waals surface area contributed by atoms with Crippen LogP contribution < -0.4 is 9.47 Å². The van der Waals surface area contributed by atoms with E-state index in [0.717, 1.165) is 23.5 Å². The number of rotatable bonds is 2. The zero-order valence-electron chi connectivity index (χ0n) is 12.5. The molecule has 0 spiro atoms. The van der Waals surface area contributed by atoms with Gasteiger partial charge in [0.15, 0.2) is 0 Å². The van der Waals surface area contributed by atoms with Gasteiger partial charge in [-0.1, -0.05) is 6.07 Å². The molecule has 1 fully saturated rings. The molecule has 1 aromatic rings. The van der Waals surface area contributed by atoms with Crippen LogP contribution in [0.4, 0.5) is 0 Å². The molecule has 0 radical (unpaired) electrons. The van der Waals surface area contributed by atoms with Crippen LogP contribution in [0, 0.1) is 5.92 Å². The first-order valence-corrected chi connectivity index (χ1v) is 7.37. The fourth-order valence-corrected chi connectivity index (χ4v) is 2.91. The van der Waals surface area contributed by atoms with Gasteiger partial charge in [-0.2, -0.15) is 0 Å². The molecule has 0 aliphatic carbocycles. The SMILES string of the molecule is COc1ccc2c(c1)OC[C@H](C(=O)N1CCO[C@H](C)C1)C2. The number of methoxy groups -OCH3 is 1. The Morgan fingerprint density at radius 3 is 3.05 bits per heavy atom. The van der Waals surface area contributed by atoms with Crippen LogP contribution in [0.1, 0.15) is 12.5 Å². The summed E-state index contributed by atoms with van der Waals surface area (Å²) in [5.41, 5.74) is 1.07. The highest BCUT2D eigenvalue weighted by Crippen LogP contribution is 2.31. The van der Waals surface area contributed by atoms with Gasteiger partial charge >= 0.3 is 0 Å². The highest BCUT2D eigenvalue weighted by atomic mass is 16.5. The van der Waals surface area contributed by atoms with Gasteiger partial charge in [0, 0.05) is 19.2 Å². The fraction of sp³-hybridized carbons (Fsp3) is 0.562. The largest absolute Gasteiger partial charge is 0.497 e. The first-order valence-electron chi connectivity index (χ1n) is 7.37. The van der Waals surface area contributed by atoms with Gasteiger partial charge < -0.3 is 19.1 Å². The molecule has 1 amide bonds. The first kappa shape index (κ1) is 14.2. The molecule has 0 aromatic heterocycles. The number of amides is 1. The minimum atomic E-state index is -0.101. The minimum absolute atomic E-state index is 0.101. The van der Waals surface area contributed by atoms with Crippen LogP contribution in [-0.2, 0) is 16.0 Å². The topological polar surface area (TPSA) is 48.0 Å². The number of morpholine rings is 1. The maximum absolute atomic E-state index is 12.6. The molecule has 114 valence electrons. The van der Waals surface area contributed by atoms with E-state index in [1.54, 1.807) is 7.11 Å². The average molecular weight is 291 g/mol. The molecule has 2 atom stereocenters. The van der Waals surface area contributed by atoms with Crippen molar-refractivity contribution in [2.75, 3.05) is 33.4 Å². The lowest BCUT2D eigenvalue weighted by molar-refractivity contribution is -0.143. The van der Waals surface area contributed by atoms with Crippen molar-refractivity contribution in [3.8, 4) is 11.5 Å². The molecule has 1 saturated heterocycles. The number of hydrogen-bond donors (Lipinski definition) is 0. The smallest absolute Gasteiger partial charge is 0.229 e. The number of fused-ring (bicyclic) bond motifs is 1. The van der Waals surface area contributed by atoms with Crippen molar-refractivity contribution >= 4 is 5.91 Å². The second kappa shape index (κ2) is 5.93. The van der Waals surface area contributed by atoms with Crippen molar-refractivity contribution in [2.45, 2.75) is 19.4 Å². The second-order valence-electron chi connectivity index (χ2n) is 5.65. The Bertz CT molecular complexity index is 531. The number of ether oxygens (including phenoxy) is 3. The van der Waals surface area contributed by atoms with E-state index < -0.39 is 0 Å². The zero-order chi connectivity index (χ0) is 14.8. The van der Waals surface area contributed by atoms with E-state index in [0.29, 0.717) is 26.3 Å². The molecule has 2 aliphatic rings. The molecular weight excluding hydrogens is 270 g/mol. The monoisotopic (exact) mass is 291 g/mol. The Morgan fingerprint density at radius 2 is 2.29 bits per heavy atom. The highest BCUT2D eigenvalue weighted by Gasteiger charge is 2.31. The Morgan fingerprint density at radius 1 is 1.43 bits per heavy atom. The predicted molar refractivity (Wildman–Crippen MR) is 77.7 cm³/mol. The van der Waals surface area contributed by atoms with E-state index in [-0.39, 0.29) is 17.9 Å². The van der Waals surface area contributed by atoms with Gasteiger partial charge in [-0.15, -0.1) is 0 Å². The molecule has 0 bridgehead atoms. The van der Waals surface area contributed by atoms with Crippen molar-refractivity contribution in [2.24, 2.45) is 5.92 Å². The summed E-state index contributed by atoms with van der Waals surface area (Å²) >= 11 is 0. The summed E-state index contributed by atoms with van der Waals surface area (Å²) in [6.45, 7) is 4.40. The number of nitrogens with zero attached hydrogens (tertiary/aromatic N) is 1. The lowest BCUT2D eigenvalue weighted by atomic mass is 9.95. The van der Waals surface area contributed by atoms with Crippen molar-refractivity contribution < 1.29 is 19.0 Å². The quantitative estimate of drug-likeness (QED) is 0.828. The van der Waals surface area contributed by atoms with Crippen LogP contribution in [0.15, 0.2) is 18.2 Å². The maximum atomic E-state index is 12.6. The van der Waals surface area contributed by atoms with Crippen molar-refractivity contribution in [1.82, 2.24) is 4.90 Å². The molecule has 2 aliphatic heterocycles. The molecular formula is C16H21NO4. The minimum Gasteiger partial charge on any atom is -0.497 e. The summed E-state index contributed by atoms with van der Waals surface area (Å²) in [6, 6.07) is 5.77. The van der Waals surface area contributed by atoms with Gasteiger partial charge in [-0.3, -0.25) is 4.79 Å². The van der Waals surface area contributed by atoms with E-state index in [4.69, 9.17) is 14.2 Å². The molecule has 5 nitrogen and oxygen atoms in total. The number of benzene rings is 1.